The summed E-state index contributed by atoms with van der Waals surface area (Å²) in [6.45, 7) is 0. The summed E-state index contributed by atoms with van der Waals surface area (Å²) in [5.74, 6) is 0.0449. The lowest BCUT2D eigenvalue weighted by atomic mass is 10.1. The molecule has 0 aliphatic rings. The third kappa shape index (κ3) is 5.35. The molecule has 1 heterocycles. The molecule has 0 aliphatic carbocycles. The van der Waals surface area contributed by atoms with E-state index in [1.807, 2.05) is 54.6 Å². The van der Waals surface area contributed by atoms with Crippen molar-refractivity contribution in [2.45, 2.75) is 5.75 Å². The number of nitrogens with one attached hydrogen (secondary N) is 3. The molecule has 138 valence electrons. The van der Waals surface area contributed by atoms with Crippen molar-refractivity contribution in [1.82, 2.24) is 21.0 Å². The van der Waals surface area contributed by atoms with Crippen LogP contribution in [0, 0.1) is 0 Å². The van der Waals surface area contributed by atoms with Crippen LogP contribution in [0.5, 0.6) is 0 Å². The number of hydrazine groups is 1. The molecule has 3 rings (SSSR count). The van der Waals surface area contributed by atoms with Crippen LogP contribution < -0.4 is 10.9 Å². The number of H-pyrrole nitrogens is 1. The molecular weight excluding hydrogens is 384 g/mol. The molecule has 1 aromatic heterocycles. The summed E-state index contributed by atoms with van der Waals surface area (Å²) in [7, 11) is 0. The Labute approximate surface area is 165 Å². The van der Waals surface area contributed by atoms with Gasteiger partial charge in [-0.1, -0.05) is 60.1 Å². The molecule has 2 aromatic carbocycles. The van der Waals surface area contributed by atoms with Crippen molar-refractivity contribution in [1.29, 1.82) is 0 Å². The van der Waals surface area contributed by atoms with Crippen LogP contribution in [0.1, 0.15) is 16.1 Å². The van der Waals surface area contributed by atoms with Crippen LogP contribution >= 0.6 is 23.4 Å². The van der Waals surface area contributed by atoms with E-state index in [1.54, 1.807) is 6.07 Å². The smallest absolute Gasteiger partial charge is 0.272 e. The minimum Gasteiger partial charge on any atom is -0.272 e. The number of nitrogens with zero attached hydrogens (tertiary/aromatic N) is 1. The second-order valence-corrected chi connectivity index (χ2v) is 7.01. The minimum absolute atomic E-state index is 0.198. The van der Waals surface area contributed by atoms with Crippen LogP contribution in [0.15, 0.2) is 60.7 Å². The number of halogens is 1. The quantitative estimate of drug-likeness (QED) is 0.553. The summed E-state index contributed by atoms with van der Waals surface area (Å²) in [6, 6.07) is 18.6. The van der Waals surface area contributed by atoms with Gasteiger partial charge >= 0.3 is 0 Å². The van der Waals surface area contributed by atoms with Gasteiger partial charge in [0, 0.05) is 16.3 Å². The summed E-state index contributed by atoms with van der Waals surface area (Å²) in [6.07, 6.45) is 0. The molecule has 3 N–H and O–H groups in total. The maximum absolute atomic E-state index is 12.1. The van der Waals surface area contributed by atoms with Crippen LogP contribution in [0.3, 0.4) is 0 Å². The SMILES string of the molecule is O=C(CSCc1ccccc1Cl)NNC(=O)c1cc(-c2ccccc2)n[nH]1. The van der Waals surface area contributed by atoms with Crippen molar-refractivity contribution in [2.24, 2.45) is 0 Å². The zero-order valence-electron chi connectivity index (χ0n) is 14.2. The van der Waals surface area contributed by atoms with Crippen molar-refractivity contribution in [2.75, 3.05) is 5.75 Å². The molecule has 0 unspecified atom stereocenters. The highest BCUT2D eigenvalue weighted by molar-refractivity contribution is 7.99. The number of hydrogen-bond acceptors (Lipinski definition) is 4. The van der Waals surface area contributed by atoms with E-state index in [0.717, 1.165) is 11.1 Å². The van der Waals surface area contributed by atoms with E-state index in [0.29, 0.717) is 16.5 Å². The number of thioether (sulfide) groups is 1. The van der Waals surface area contributed by atoms with E-state index in [4.69, 9.17) is 11.6 Å². The molecule has 0 bridgehead atoms. The zero-order chi connectivity index (χ0) is 19.1. The fourth-order valence-corrected chi connectivity index (χ4v) is 3.41. The van der Waals surface area contributed by atoms with Gasteiger partial charge in [0.05, 0.1) is 11.4 Å². The normalized spacial score (nSPS) is 10.4. The summed E-state index contributed by atoms with van der Waals surface area (Å²) in [5.41, 5.74) is 7.54. The zero-order valence-corrected chi connectivity index (χ0v) is 15.8. The Hall–Kier alpha value is -2.77. The average molecular weight is 401 g/mol. The Bertz CT molecular complexity index is 930. The molecule has 0 atom stereocenters. The van der Waals surface area contributed by atoms with Gasteiger partial charge in [0.2, 0.25) is 5.91 Å². The maximum Gasteiger partial charge on any atom is 0.287 e. The fraction of sp³-hybridized carbons (Fsp3) is 0.105. The second-order valence-electron chi connectivity index (χ2n) is 5.62. The topological polar surface area (TPSA) is 86.9 Å². The molecule has 0 saturated carbocycles. The number of carbonyl (C=O) groups excluding carboxylic acids is 2. The summed E-state index contributed by atoms with van der Waals surface area (Å²) in [5, 5.41) is 7.45. The number of aromatic amines is 1. The highest BCUT2D eigenvalue weighted by Crippen LogP contribution is 2.20. The van der Waals surface area contributed by atoms with Crippen LogP contribution in [0.4, 0.5) is 0 Å². The Kier molecular flexibility index (Phi) is 6.51. The molecule has 8 heteroatoms. The van der Waals surface area contributed by atoms with Crippen LogP contribution in [-0.4, -0.2) is 27.8 Å². The first-order valence-corrected chi connectivity index (χ1v) is 9.68. The number of hydrogen-bond donors (Lipinski definition) is 3. The van der Waals surface area contributed by atoms with Crippen molar-refractivity contribution >= 4 is 35.2 Å². The van der Waals surface area contributed by atoms with E-state index in [9.17, 15) is 9.59 Å². The second kappa shape index (κ2) is 9.25. The fourth-order valence-electron chi connectivity index (χ4n) is 2.29. The Morgan fingerprint density at radius 2 is 1.78 bits per heavy atom. The van der Waals surface area contributed by atoms with E-state index < -0.39 is 5.91 Å². The van der Waals surface area contributed by atoms with Gasteiger partial charge in [0.1, 0.15) is 5.69 Å². The van der Waals surface area contributed by atoms with E-state index in [1.165, 1.54) is 11.8 Å². The van der Waals surface area contributed by atoms with E-state index >= 15 is 0 Å². The van der Waals surface area contributed by atoms with Gasteiger partial charge < -0.3 is 0 Å². The lowest BCUT2D eigenvalue weighted by Gasteiger charge is -2.06. The Morgan fingerprint density at radius 3 is 2.56 bits per heavy atom. The van der Waals surface area contributed by atoms with Crippen molar-refractivity contribution < 1.29 is 9.59 Å². The third-order valence-electron chi connectivity index (χ3n) is 3.66. The van der Waals surface area contributed by atoms with Crippen molar-refractivity contribution in [3.63, 3.8) is 0 Å². The first-order chi connectivity index (χ1) is 13.1. The number of amides is 2. The molecule has 2 amide bonds. The summed E-state index contributed by atoms with van der Waals surface area (Å²) >= 11 is 7.49. The third-order valence-corrected chi connectivity index (χ3v) is 5.01. The summed E-state index contributed by atoms with van der Waals surface area (Å²) in [4.78, 5) is 24.0. The highest BCUT2D eigenvalue weighted by Gasteiger charge is 2.12. The average Bonchev–Trinajstić information content (AvgIpc) is 3.19. The number of rotatable bonds is 6. The molecule has 0 radical (unpaired) electrons. The van der Waals surface area contributed by atoms with Crippen LogP contribution in [-0.2, 0) is 10.5 Å². The van der Waals surface area contributed by atoms with Gasteiger partial charge in [-0.15, -0.1) is 11.8 Å². The van der Waals surface area contributed by atoms with Gasteiger partial charge in [0.15, 0.2) is 0 Å². The lowest BCUT2D eigenvalue weighted by Crippen LogP contribution is -2.42. The first kappa shape index (κ1) is 19.0. The van der Waals surface area contributed by atoms with Gasteiger partial charge in [-0.2, -0.15) is 5.10 Å². The standard InChI is InChI=1S/C19H17ClN4O2S/c20-15-9-5-4-8-14(15)11-27-12-18(25)23-24-19(26)17-10-16(21-22-17)13-6-2-1-3-7-13/h1-10H,11-12H2,(H,21,22)(H,23,25)(H,24,26). The lowest BCUT2D eigenvalue weighted by molar-refractivity contribution is -0.119. The predicted octanol–water partition coefficient (Wildman–Crippen LogP) is 3.42. The molecule has 0 saturated heterocycles. The van der Waals surface area contributed by atoms with Gasteiger partial charge in [-0.05, 0) is 17.7 Å². The van der Waals surface area contributed by atoms with Gasteiger partial charge in [-0.25, -0.2) is 0 Å². The maximum atomic E-state index is 12.1. The van der Waals surface area contributed by atoms with E-state index in [2.05, 4.69) is 21.0 Å². The van der Waals surface area contributed by atoms with E-state index in [-0.39, 0.29) is 17.4 Å². The van der Waals surface area contributed by atoms with Crippen LogP contribution in [0.2, 0.25) is 5.02 Å². The minimum atomic E-state index is -0.464. The monoisotopic (exact) mass is 400 g/mol. The molecule has 3 aromatic rings. The van der Waals surface area contributed by atoms with Crippen LogP contribution in [0.25, 0.3) is 11.3 Å². The van der Waals surface area contributed by atoms with Crippen molar-refractivity contribution in [3.8, 4) is 11.3 Å². The molecule has 6 nitrogen and oxygen atoms in total. The van der Waals surface area contributed by atoms with Gasteiger partial charge in [-0.3, -0.25) is 25.5 Å². The molecule has 27 heavy (non-hydrogen) atoms. The summed E-state index contributed by atoms with van der Waals surface area (Å²) < 4.78 is 0. The largest absolute Gasteiger partial charge is 0.287 e. The number of aromatic nitrogens is 2. The van der Waals surface area contributed by atoms with Crippen molar-refractivity contribution in [3.05, 3.63) is 76.9 Å². The number of carbonyl (C=O) groups is 2. The Balaban J connectivity index is 1.44. The molecule has 0 aliphatic heterocycles. The predicted molar refractivity (Wildman–Crippen MR) is 107 cm³/mol. The first-order valence-electron chi connectivity index (χ1n) is 8.14. The molecule has 0 spiro atoms. The Morgan fingerprint density at radius 1 is 1.04 bits per heavy atom. The van der Waals surface area contributed by atoms with Gasteiger partial charge in [0.25, 0.3) is 5.91 Å². The molecule has 0 fully saturated rings. The molecular formula is C19H17ClN4O2S. The number of benzene rings is 2. The highest BCUT2D eigenvalue weighted by atomic mass is 35.5.